The Labute approximate surface area is 188 Å². The number of likely N-dealkylation sites (tertiary alicyclic amines) is 1. The quantitative estimate of drug-likeness (QED) is 0.270. The Morgan fingerprint density at radius 2 is 1.69 bits per heavy atom. The molecular formula is C21H36N4O7. The van der Waals surface area contributed by atoms with E-state index in [9.17, 15) is 29.1 Å². The number of carbonyl (C=O) groups excluding carboxylic acids is 3. The van der Waals surface area contributed by atoms with E-state index in [0.29, 0.717) is 25.8 Å². The molecule has 11 nitrogen and oxygen atoms in total. The van der Waals surface area contributed by atoms with Crippen LogP contribution < -0.4 is 16.4 Å². The van der Waals surface area contributed by atoms with Crippen LogP contribution in [0.4, 0.5) is 0 Å². The molecule has 0 aromatic heterocycles. The predicted octanol–water partition coefficient (Wildman–Crippen LogP) is -0.0742. The van der Waals surface area contributed by atoms with Gasteiger partial charge in [-0.3, -0.25) is 19.2 Å². The summed E-state index contributed by atoms with van der Waals surface area (Å²) in [6.45, 7) is 7.48. The fourth-order valence-corrected chi connectivity index (χ4v) is 3.70. The number of carboxylic acid groups (broad SMARTS) is 2. The standard InChI is InChI=1S/C21H36N4O7/c1-11(2)10-13(22)20(30)25-9-5-6-15(25)19(29)23-14(7-8-16(26)27)18(28)24-17(12(3)4)21(31)32/h11-15,17H,5-10,22H2,1-4H3,(H,23,29)(H,24,28)(H,26,27)(H,31,32). The second-order valence-corrected chi connectivity index (χ2v) is 8.99. The number of hydrogen-bond acceptors (Lipinski definition) is 6. The molecule has 11 heteroatoms. The summed E-state index contributed by atoms with van der Waals surface area (Å²) in [5.74, 6) is -4.32. The van der Waals surface area contributed by atoms with Crippen LogP contribution in [0.5, 0.6) is 0 Å². The van der Waals surface area contributed by atoms with Crippen LogP contribution in [0.2, 0.25) is 0 Å². The molecule has 1 heterocycles. The fourth-order valence-electron chi connectivity index (χ4n) is 3.70. The van der Waals surface area contributed by atoms with Crippen LogP contribution in [0.25, 0.3) is 0 Å². The zero-order valence-electron chi connectivity index (χ0n) is 19.2. The van der Waals surface area contributed by atoms with Gasteiger partial charge in [-0.15, -0.1) is 0 Å². The molecule has 1 fully saturated rings. The number of nitrogens with two attached hydrogens (primary N) is 1. The molecule has 0 aliphatic carbocycles. The van der Waals surface area contributed by atoms with Crippen LogP contribution in [-0.4, -0.2) is 75.5 Å². The molecule has 0 radical (unpaired) electrons. The van der Waals surface area contributed by atoms with E-state index in [2.05, 4.69) is 10.6 Å². The normalized spacial score (nSPS) is 18.8. The predicted molar refractivity (Wildman–Crippen MR) is 115 cm³/mol. The van der Waals surface area contributed by atoms with Gasteiger partial charge in [-0.05, 0) is 37.5 Å². The molecule has 0 aromatic carbocycles. The second kappa shape index (κ2) is 12.4. The first-order valence-corrected chi connectivity index (χ1v) is 11.0. The second-order valence-electron chi connectivity index (χ2n) is 8.99. The van der Waals surface area contributed by atoms with E-state index in [1.54, 1.807) is 13.8 Å². The summed E-state index contributed by atoms with van der Waals surface area (Å²) in [5, 5.41) is 23.2. The largest absolute Gasteiger partial charge is 0.481 e. The summed E-state index contributed by atoms with van der Waals surface area (Å²) in [7, 11) is 0. The van der Waals surface area contributed by atoms with Crippen LogP contribution in [0.15, 0.2) is 0 Å². The van der Waals surface area contributed by atoms with E-state index in [1.807, 2.05) is 13.8 Å². The number of aliphatic carboxylic acids is 2. The third kappa shape index (κ3) is 8.10. The summed E-state index contributed by atoms with van der Waals surface area (Å²) >= 11 is 0. The maximum atomic E-state index is 12.9. The monoisotopic (exact) mass is 456 g/mol. The zero-order chi connectivity index (χ0) is 24.6. The van der Waals surface area contributed by atoms with Gasteiger partial charge in [0.15, 0.2) is 0 Å². The maximum absolute atomic E-state index is 12.9. The van der Waals surface area contributed by atoms with Crippen LogP contribution in [0, 0.1) is 11.8 Å². The number of carbonyl (C=O) groups is 5. The summed E-state index contributed by atoms with van der Waals surface area (Å²) in [6.07, 6.45) is 0.843. The first kappa shape index (κ1) is 27.3. The molecular weight excluding hydrogens is 420 g/mol. The minimum absolute atomic E-state index is 0.205. The lowest BCUT2D eigenvalue weighted by atomic mass is 10.0. The summed E-state index contributed by atoms with van der Waals surface area (Å²) in [4.78, 5) is 62.2. The lowest BCUT2D eigenvalue weighted by Crippen LogP contribution is -2.57. The number of hydrogen-bond donors (Lipinski definition) is 5. The number of carboxylic acids is 2. The van der Waals surface area contributed by atoms with Crippen molar-refractivity contribution in [1.29, 1.82) is 0 Å². The van der Waals surface area contributed by atoms with Crippen molar-refractivity contribution in [1.82, 2.24) is 15.5 Å². The summed E-state index contributed by atoms with van der Waals surface area (Å²) in [6, 6.07) is -4.00. The van der Waals surface area contributed by atoms with Gasteiger partial charge in [0.05, 0.1) is 6.04 Å². The van der Waals surface area contributed by atoms with E-state index in [1.165, 1.54) is 4.90 Å². The maximum Gasteiger partial charge on any atom is 0.326 e. The molecule has 6 N–H and O–H groups in total. The number of nitrogens with one attached hydrogen (secondary N) is 2. The highest BCUT2D eigenvalue weighted by molar-refractivity contribution is 5.94. The Balaban J connectivity index is 2.94. The third-order valence-electron chi connectivity index (χ3n) is 5.39. The van der Waals surface area contributed by atoms with Gasteiger partial charge in [-0.2, -0.15) is 0 Å². The first-order chi connectivity index (χ1) is 14.8. The van der Waals surface area contributed by atoms with Crippen molar-refractivity contribution >= 4 is 29.7 Å². The molecule has 0 aromatic rings. The zero-order valence-corrected chi connectivity index (χ0v) is 19.2. The average Bonchev–Trinajstić information content (AvgIpc) is 3.16. The molecule has 1 saturated heterocycles. The number of amides is 3. The molecule has 4 atom stereocenters. The number of nitrogens with zero attached hydrogens (tertiary/aromatic N) is 1. The van der Waals surface area contributed by atoms with Crippen molar-refractivity contribution in [2.45, 2.75) is 84.0 Å². The Morgan fingerprint density at radius 1 is 1.06 bits per heavy atom. The highest BCUT2D eigenvalue weighted by Crippen LogP contribution is 2.20. The van der Waals surface area contributed by atoms with Gasteiger partial charge in [0.2, 0.25) is 17.7 Å². The SMILES string of the molecule is CC(C)CC(N)C(=O)N1CCCC1C(=O)NC(CCC(=O)O)C(=O)NC(C(=O)O)C(C)C. The van der Waals surface area contributed by atoms with Gasteiger partial charge in [-0.25, -0.2) is 4.79 Å². The van der Waals surface area contributed by atoms with E-state index < -0.39 is 60.3 Å². The topological polar surface area (TPSA) is 179 Å². The molecule has 1 aliphatic rings. The van der Waals surface area contributed by atoms with Gasteiger partial charge in [-0.1, -0.05) is 27.7 Å². The molecule has 182 valence electrons. The lowest BCUT2D eigenvalue weighted by molar-refractivity contribution is -0.144. The van der Waals surface area contributed by atoms with Gasteiger partial charge in [0, 0.05) is 13.0 Å². The van der Waals surface area contributed by atoms with Gasteiger partial charge >= 0.3 is 11.9 Å². The summed E-state index contributed by atoms with van der Waals surface area (Å²) < 4.78 is 0. The van der Waals surface area contributed by atoms with E-state index in [4.69, 9.17) is 10.8 Å². The van der Waals surface area contributed by atoms with Crippen molar-refractivity contribution < 1.29 is 34.2 Å². The molecule has 3 amide bonds. The molecule has 32 heavy (non-hydrogen) atoms. The Bertz CT molecular complexity index is 710. The van der Waals surface area contributed by atoms with Crippen LogP contribution in [-0.2, 0) is 24.0 Å². The van der Waals surface area contributed by atoms with Crippen molar-refractivity contribution in [3.05, 3.63) is 0 Å². The molecule has 4 unspecified atom stereocenters. The Morgan fingerprint density at radius 3 is 2.19 bits per heavy atom. The fraction of sp³-hybridized carbons (Fsp3) is 0.762. The van der Waals surface area contributed by atoms with Crippen LogP contribution in [0.3, 0.4) is 0 Å². The molecule has 0 saturated carbocycles. The van der Waals surface area contributed by atoms with Crippen molar-refractivity contribution in [2.75, 3.05) is 6.54 Å². The number of rotatable bonds is 12. The van der Waals surface area contributed by atoms with E-state index in [-0.39, 0.29) is 18.2 Å². The van der Waals surface area contributed by atoms with E-state index in [0.717, 1.165) is 0 Å². The average molecular weight is 457 g/mol. The van der Waals surface area contributed by atoms with Crippen LogP contribution >= 0.6 is 0 Å². The molecule has 1 aliphatic heterocycles. The van der Waals surface area contributed by atoms with E-state index >= 15 is 0 Å². The first-order valence-electron chi connectivity index (χ1n) is 11.0. The van der Waals surface area contributed by atoms with Crippen LogP contribution in [0.1, 0.15) is 59.8 Å². The summed E-state index contributed by atoms with van der Waals surface area (Å²) in [5.41, 5.74) is 5.99. The Hall–Kier alpha value is -2.69. The lowest BCUT2D eigenvalue weighted by Gasteiger charge is -2.29. The smallest absolute Gasteiger partial charge is 0.326 e. The minimum Gasteiger partial charge on any atom is -0.481 e. The van der Waals surface area contributed by atoms with Gasteiger partial charge in [0.1, 0.15) is 18.1 Å². The molecule has 1 rings (SSSR count). The third-order valence-corrected chi connectivity index (χ3v) is 5.39. The van der Waals surface area contributed by atoms with Crippen molar-refractivity contribution in [3.8, 4) is 0 Å². The minimum atomic E-state index is -1.25. The van der Waals surface area contributed by atoms with Gasteiger partial charge in [0.25, 0.3) is 0 Å². The Kier molecular flexibility index (Phi) is 10.6. The van der Waals surface area contributed by atoms with Crippen molar-refractivity contribution in [2.24, 2.45) is 17.6 Å². The highest BCUT2D eigenvalue weighted by Gasteiger charge is 2.38. The highest BCUT2D eigenvalue weighted by atomic mass is 16.4. The molecule has 0 spiro atoms. The molecule has 0 bridgehead atoms. The van der Waals surface area contributed by atoms with Crippen molar-refractivity contribution in [3.63, 3.8) is 0 Å². The van der Waals surface area contributed by atoms with Gasteiger partial charge < -0.3 is 31.5 Å².